The maximum absolute atomic E-state index is 11.8. The van der Waals surface area contributed by atoms with Crippen LogP contribution in [0.5, 0.6) is 0 Å². The molecule has 0 rings (SSSR count). The summed E-state index contributed by atoms with van der Waals surface area (Å²) in [4.78, 5) is 23.7. The Bertz CT molecular complexity index is 557. The summed E-state index contributed by atoms with van der Waals surface area (Å²) in [5.41, 5.74) is 0. The van der Waals surface area contributed by atoms with Crippen LogP contribution in [0.2, 0.25) is 0 Å². The lowest BCUT2D eigenvalue weighted by Gasteiger charge is -2.06. The van der Waals surface area contributed by atoms with Gasteiger partial charge in [0.2, 0.25) is 0 Å². The van der Waals surface area contributed by atoms with Crippen molar-refractivity contribution in [2.75, 3.05) is 6.61 Å². The van der Waals surface area contributed by atoms with E-state index in [1.165, 1.54) is 148 Å². The van der Waals surface area contributed by atoms with Crippen molar-refractivity contribution in [3.63, 3.8) is 0 Å². The Hall–Kier alpha value is -1.32. The van der Waals surface area contributed by atoms with Crippen molar-refractivity contribution in [2.45, 2.75) is 194 Å². The van der Waals surface area contributed by atoms with E-state index in [4.69, 9.17) is 9.47 Å². The molecular weight excluding hydrogens is 496 g/mol. The summed E-state index contributed by atoms with van der Waals surface area (Å²) in [6.45, 7) is 5.90. The molecule has 4 heteroatoms. The van der Waals surface area contributed by atoms with E-state index in [2.05, 4.69) is 26.0 Å². The highest BCUT2D eigenvalue weighted by molar-refractivity contribution is 5.70. The first-order valence-corrected chi connectivity index (χ1v) is 17.5. The van der Waals surface area contributed by atoms with Crippen molar-refractivity contribution in [3.8, 4) is 0 Å². The second-order valence-corrected chi connectivity index (χ2v) is 11.7. The number of unbranched alkanes of at least 4 members (excludes halogenated alkanes) is 23. The lowest BCUT2D eigenvalue weighted by Crippen LogP contribution is -2.10. The Morgan fingerprint density at radius 2 is 0.800 bits per heavy atom. The molecule has 0 saturated heterocycles. The molecular formula is C36H67O4. The topological polar surface area (TPSA) is 52.6 Å². The number of carbonyl (C=O) groups excluding carboxylic acids is 2. The highest BCUT2D eigenvalue weighted by atomic mass is 16.6. The quantitative estimate of drug-likeness (QED) is 0.0464. The summed E-state index contributed by atoms with van der Waals surface area (Å²) >= 11 is 0. The van der Waals surface area contributed by atoms with Gasteiger partial charge in [-0.25, -0.2) is 0 Å². The standard InChI is InChI=1S/C36H67O4/c1-3-5-7-9-11-13-15-17-18-20-22-24-26-28-30-32-36(38)40-34-33-39-35(37)31-29-27-25-23-21-19-16-14-12-10-8-6-4-2/h17-18,33H,3-16,19-32,34H2,1-2H3/b18-17-. The number of rotatable bonds is 32. The molecule has 0 aromatic rings. The number of hydrogen-bond donors (Lipinski definition) is 0. The number of hydrogen-bond acceptors (Lipinski definition) is 4. The van der Waals surface area contributed by atoms with Crippen LogP contribution in [0.4, 0.5) is 0 Å². The van der Waals surface area contributed by atoms with Crippen molar-refractivity contribution >= 4 is 11.9 Å². The van der Waals surface area contributed by atoms with Crippen LogP contribution >= 0.6 is 0 Å². The third kappa shape index (κ3) is 32.9. The van der Waals surface area contributed by atoms with Crippen molar-refractivity contribution in [2.24, 2.45) is 0 Å². The smallest absolute Gasteiger partial charge is 0.306 e. The second-order valence-electron chi connectivity index (χ2n) is 11.7. The highest BCUT2D eigenvalue weighted by Crippen LogP contribution is 2.14. The van der Waals surface area contributed by atoms with Gasteiger partial charge < -0.3 is 9.47 Å². The van der Waals surface area contributed by atoms with Crippen LogP contribution in [0.3, 0.4) is 0 Å². The van der Waals surface area contributed by atoms with E-state index in [1.807, 2.05) is 0 Å². The van der Waals surface area contributed by atoms with Crippen molar-refractivity contribution < 1.29 is 19.1 Å². The van der Waals surface area contributed by atoms with Crippen LogP contribution in [-0.2, 0) is 19.1 Å². The molecule has 0 aromatic heterocycles. The van der Waals surface area contributed by atoms with Crippen molar-refractivity contribution in [1.82, 2.24) is 0 Å². The minimum atomic E-state index is -0.226. The summed E-state index contributed by atoms with van der Waals surface area (Å²) in [7, 11) is 0. The number of esters is 2. The lowest BCUT2D eigenvalue weighted by molar-refractivity contribution is -0.148. The van der Waals surface area contributed by atoms with Gasteiger partial charge in [0.25, 0.3) is 0 Å². The third-order valence-electron chi connectivity index (χ3n) is 7.65. The monoisotopic (exact) mass is 564 g/mol. The van der Waals surface area contributed by atoms with Crippen LogP contribution in [0.25, 0.3) is 0 Å². The largest absolute Gasteiger partial charge is 0.462 e. The Morgan fingerprint density at radius 3 is 1.23 bits per heavy atom. The zero-order valence-electron chi connectivity index (χ0n) is 26.9. The summed E-state index contributed by atoms with van der Waals surface area (Å²) < 4.78 is 10.2. The van der Waals surface area contributed by atoms with Gasteiger partial charge in [-0.1, -0.05) is 154 Å². The predicted molar refractivity (Wildman–Crippen MR) is 171 cm³/mol. The molecule has 0 aliphatic rings. The molecule has 0 amide bonds. The molecule has 0 saturated carbocycles. The molecule has 0 bridgehead atoms. The second kappa shape index (κ2) is 33.9. The van der Waals surface area contributed by atoms with Crippen molar-refractivity contribution in [3.05, 3.63) is 18.8 Å². The minimum absolute atomic E-state index is 0.0499. The number of carbonyl (C=O) groups is 2. The average molecular weight is 564 g/mol. The normalized spacial score (nSPS) is 11.3. The summed E-state index contributed by atoms with van der Waals surface area (Å²) in [6.07, 6.45) is 38.5. The van der Waals surface area contributed by atoms with Gasteiger partial charge in [0.1, 0.15) is 6.61 Å². The first kappa shape index (κ1) is 38.7. The Balaban J connectivity index is 3.31. The van der Waals surface area contributed by atoms with Gasteiger partial charge in [-0.3, -0.25) is 9.59 Å². The summed E-state index contributed by atoms with van der Waals surface area (Å²) in [5, 5.41) is 0. The molecule has 0 fully saturated rings. The van der Waals surface area contributed by atoms with Gasteiger partial charge in [0.05, 0.1) is 0 Å². The molecule has 1 radical (unpaired) electrons. The van der Waals surface area contributed by atoms with E-state index in [0.29, 0.717) is 12.8 Å². The fourth-order valence-corrected chi connectivity index (χ4v) is 5.01. The van der Waals surface area contributed by atoms with Gasteiger partial charge in [0, 0.05) is 12.8 Å². The summed E-state index contributed by atoms with van der Waals surface area (Å²) in [6, 6.07) is 0. The average Bonchev–Trinajstić information content (AvgIpc) is 2.95. The molecule has 0 heterocycles. The lowest BCUT2D eigenvalue weighted by atomic mass is 10.0. The first-order chi connectivity index (χ1) is 19.7. The van der Waals surface area contributed by atoms with Gasteiger partial charge in [0.15, 0.2) is 6.61 Å². The Labute approximate surface area is 249 Å². The fourth-order valence-electron chi connectivity index (χ4n) is 5.01. The van der Waals surface area contributed by atoms with E-state index < -0.39 is 0 Å². The molecule has 0 spiro atoms. The molecule has 40 heavy (non-hydrogen) atoms. The SMILES string of the molecule is CCCCCCCC/C=C\CCCCCCCC(=O)OC[CH]OC(=O)CCCCCCCCCCCCCCC. The van der Waals surface area contributed by atoms with Crippen molar-refractivity contribution in [1.29, 1.82) is 0 Å². The first-order valence-electron chi connectivity index (χ1n) is 17.5. The molecule has 4 nitrogen and oxygen atoms in total. The number of ether oxygens (including phenoxy) is 2. The molecule has 0 aliphatic carbocycles. The molecule has 0 unspecified atom stereocenters. The van der Waals surface area contributed by atoms with E-state index in [0.717, 1.165) is 25.7 Å². The van der Waals surface area contributed by atoms with E-state index in [1.54, 1.807) is 0 Å². The maximum Gasteiger partial charge on any atom is 0.306 e. The van der Waals surface area contributed by atoms with E-state index >= 15 is 0 Å². The van der Waals surface area contributed by atoms with Gasteiger partial charge >= 0.3 is 11.9 Å². The van der Waals surface area contributed by atoms with Gasteiger partial charge in [-0.05, 0) is 38.5 Å². The minimum Gasteiger partial charge on any atom is -0.462 e. The van der Waals surface area contributed by atoms with Crippen LogP contribution in [0.1, 0.15) is 194 Å². The van der Waals surface area contributed by atoms with E-state index in [9.17, 15) is 9.59 Å². The van der Waals surface area contributed by atoms with Gasteiger partial charge in [-0.2, -0.15) is 0 Å². The molecule has 0 aromatic carbocycles. The highest BCUT2D eigenvalue weighted by Gasteiger charge is 2.06. The molecule has 0 atom stereocenters. The van der Waals surface area contributed by atoms with Crippen LogP contribution in [0, 0.1) is 6.61 Å². The zero-order valence-corrected chi connectivity index (χ0v) is 26.9. The molecule has 0 aliphatic heterocycles. The molecule has 0 N–H and O–H groups in total. The van der Waals surface area contributed by atoms with Crippen LogP contribution < -0.4 is 0 Å². The third-order valence-corrected chi connectivity index (χ3v) is 7.65. The van der Waals surface area contributed by atoms with Gasteiger partial charge in [-0.15, -0.1) is 0 Å². The Kier molecular flexibility index (Phi) is 32.8. The summed E-state index contributed by atoms with van der Waals surface area (Å²) in [5.74, 6) is -0.433. The Morgan fingerprint density at radius 1 is 0.450 bits per heavy atom. The number of allylic oxidation sites excluding steroid dienone is 2. The van der Waals surface area contributed by atoms with Crippen LogP contribution in [-0.4, -0.2) is 18.5 Å². The maximum atomic E-state index is 11.8. The van der Waals surface area contributed by atoms with E-state index in [-0.39, 0.29) is 18.5 Å². The zero-order chi connectivity index (χ0) is 29.2. The fraction of sp³-hybridized carbons (Fsp3) is 0.861. The predicted octanol–water partition coefficient (Wildman–Crippen LogP) is 11.8. The molecule has 235 valence electrons. The van der Waals surface area contributed by atoms with Crippen LogP contribution in [0.15, 0.2) is 12.2 Å².